The van der Waals surface area contributed by atoms with Crippen molar-refractivity contribution in [2.75, 3.05) is 26.2 Å². The summed E-state index contributed by atoms with van der Waals surface area (Å²) in [6, 6.07) is 11.1. The lowest BCUT2D eigenvalue weighted by atomic mass is 9.96. The van der Waals surface area contributed by atoms with Gasteiger partial charge in [0.2, 0.25) is 0 Å². The molecule has 1 heterocycles. The predicted octanol–water partition coefficient (Wildman–Crippen LogP) is 3.64. The molecule has 2 rings (SSSR count). The SMILES string of the molecule is CC(C)CN=C(N)NCC(c1ccccc1)N1CCC(C)CC1.I. The fraction of sp³-hybridized carbons (Fsp3) is 0.632. The molecule has 1 aliphatic heterocycles. The van der Waals surface area contributed by atoms with E-state index < -0.39 is 0 Å². The van der Waals surface area contributed by atoms with Gasteiger partial charge >= 0.3 is 0 Å². The molecule has 1 atom stereocenters. The van der Waals surface area contributed by atoms with Crippen molar-refractivity contribution in [1.82, 2.24) is 10.2 Å². The van der Waals surface area contributed by atoms with Crippen LogP contribution in [0.4, 0.5) is 0 Å². The summed E-state index contributed by atoms with van der Waals surface area (Å²) in [7, 11) is 0. The quantitative estimate of drug-likeness (QED) is 0.400. The Morgan fingerprint density at radius 2 is 1.88 bits per heavy atom. The molecule has 0 spiro atoms. The van der Waals surface area contributed by atoms with E-state index >= 15 is 0 Å². The fourth-order valence-electron chi connectivity index (χ4n) is 3.01. The molecule has 1 unspecified atom stereocenters. The summed E-state index contributed by atoms with van der Waals surface area (Å²) in [5.41, 5.74) is 7.37. The Bertz CT molecular complexity index is 481. The van der Waals surface area contributed by atoms with Gasteiger partial charge in [-0.1, -0.05) is 51.1 Å². The highest BCUT2D eigenvalue weighted by Gasteiger charge is 2.24. The topological polar surface area (TPSA) is 53.6 Å². The summed E-state index contributed by atoms with van der Waals surface area (Å²) in [5, 5.41) is 3.33. The van der Waals surface area contributed by atoms with Crippen molar-refractivity contribution in [1.29, 1.82) is 0 Å². The van der Waals surface area contributed by atoms with E-state index in [9.17, 15) is 0 Å². The van der Waals surface area contributed by atoms with Gasteiger partial charge in [-0.25, -0.2) is 0 Å². The lowest BCUT2D eigenvalue weighted by molar-refractivity contribution is 0.138. The van der Waals surface area contributed by atoms with Crippen LogP contribution in [0.3, 0.4) is 0 Å². The third-order valence-electron chi connectivity index (χ3n) is 4.55. The van der Waals surface area contributed by atoms with E-state index in [1.54, 1.807) is 0 Å². The first kappa shape index (κ1) is 21.2. The second-order valence-corrected chi connectivity index (χ2v) is 7.15. The van der Waals surface area contributed by atoms with Gasteiger partial charge in [-0.2, -0.15) is 0 Å². The molecular formula is C19H33IN4. The number of piperidine rings is 1. The number of nitrogens with two attached hydrogens (primary N) is 1. The smallest absolute Gasteiger partial charge is 0.188 e. The van der Waals surface area contributed by atoms with Crippen LogP contribution in [-0.4, -0.2) is 37.0 Å². The van der Waals surface area contributed by atoms with Crippen molar-refractivity contribution in [3.63, 3.8) is 0 Å². The first-order chi connectivity index (χ1) is 11.1. The van der Waals surface area contributed by atoms with Crippen LogP contribution in [0.1, 0.15) is 45.2 Å². The number of nitrogens with zero attached hydrogens (tertiary/aromatic N) is 2. The molecular weight excluding hydrogens is 411 g/mol. The maximum absolute atomic E-state index is 6.02. The summed E-state index contributed by atoms with van der Waals surface area (Å²) >= 11 is 0. The molecule has 0 saturated carbocycles. The zero-order valence-corrected chi connectivity index (χ0v) is 17.6. The van der Waals surface area contributed by atoms with Crippen molar-refractivity contribution in [2.45, 2.75) is 39.7 Å². The Kier molecular flexibility index (Phi) is 9.66. The first-order valence-corrected chi connectivity index (χ1v) is 8.89. The largest absolute Gasteiger partial charge is 0.370 e. The number of nitrogens with one attached hydrogen (secondary N) is 1. The molecule has 136 valence electrons. The van der Waals surface area contributed by atoms with Gasteiger partial charge in [-0.05, 0) is 43.3 Å². The normalized spacial score (nSPS) is 18.2. The molecule has 1 fully saturated rings. The molecule has 24 heavy (non-hydrogen) atoms. The highest BCUT2D eigenvalue weighted by Crippen LogP contribution is 2.26. The molecule has 0 aromatic heterocycles. The summed E-state index contributed by atoms with van der Waals surface area (Å²) < 4.78 is 0. The van der Waals surface area contributed by atoms with Gasteiger partial charge in [0.05, 0.1) is 6.04 Å². The first-order valence-electron chi connectivity index (χ1n) is 8.89. The number of guanidine groups is 1. The molecule has 4 nitrogen and oxygen atoms in total. The van der Waals surface area contributed by atoms with Crippen LogP contribution in [0.15, 0.2) is 35.3 Å². The van der Waals surface area contributed by atoms with Crippen LogP contribution in [0.25, 0.3) is 0 Å². The highest BCUT2D eigenvalue weighted by molar-refractivity contribution is 14.0. The maximum Gasteiger partial charge on any atom is 0.188 e. The van der Waals surface area contributed by atoms with E-state index in [2.05, 4.69) is 66.3 Å². The molecule has 0 aliphatic carbocycles. The molecule has 1 saturated heterocycles. The van der Waals surface area contributed by atoms with E-state index in [0.29, 0.717) is 17.9 Å². The van der Waals surface area contributed by atoms with Gasteiger partial charge in [0, 0.05) is 13.1 Å². The third kappa shape index (κ3) is 6.97. The van der Waals surface area contributed by atoms with Gasteiger partial charge < -0.3 is 11.1 Å². The zero-order chi connectivity index (χ0) is 16.7. The molecule has 0 amide bonds. The molecule has 0 bridgehead atoms. The number of hydrogen-bond donors (Lipinski definition) is 2. The minimum atomic E-state index is 0. The van der Waals surface area contributed by atoms with E-state index in [0.717, 1.165) is 32.1 Å². The molecule has 1 aromatic rings. The number of rotatable bonds is 6. The molecule has 5 heteroatoms. The van der Waals surface area contributed by atoms with Crippen LogP contribution in [-0.2, 0) is 0 Å². The van der Waals surface area contributed by atoms with E-state index in [1.165, 1.54) is 18.4 Å². The molecule has 0 radical (unpaired) electrons. The Morgan fingerprint density at radius 1 is 1.25 bits per heavy atom. The fourth-order valence-corrected chi connectivity index (χ4v) is 3.01. The lowest BCUT2D eigenvalue weighted by Crippen LogP contribution is -2.43. The van der Waals surface area contributed by atoms with Gasteiger partial charge in [0.15, 0.2) is 5.96 Å². The summed E-state index contributed by atoms with van der Waals surface area (Å²) in [5.74, 6) is 1.93. The number of aliphatic imine (C=N–C) groups is 1. The van der Waals surface area contributed by atoms with Crippen LogP contribution < -0.4 is 11.1 Å². The highest BCUT2D eigenvalue weighted by atomic mass is 127. The van der Waals surface area contributed by atoms with Gasteiger partial charge in [0.1, 0.15) is 0 Å². The molecule has 3 N–H and O–H groups in total. The monoisotopic (exact) mass is 444 g/mol. The Labute approximate surface area is 164 Å². The Hall–Kier alpha value is -0.820. The van der Waals surface area contributed by atoms with Gasteiger partial charge in [-0.3, -0.25) is 9.89 Å². The van der Waals surface area contributed by atoms with Crippen LogP contribution in [0.2, 0.25) is 0 Å². The van der Waals surface area contributed by atoms with Crippen molar-refractivity contribution >= 4 is 29.9 Å². The molecule has 1 aromatic carbocycles. The van der Waals surface area contributed by atoms with Crippen LogP contribution in [0.5, 0.6) is 0 Å². The van der Waals surface area contributed by atoms with E-state index in [1.807, 2.05) is 0 Å². The Balaban J connectivity index is 0.00000288. The van der Waals surface area contributed by atoms with Crippen molar-refractivity contribution < 1.29 is 0 Å². The van der Waals surface area contributed by atoms with E-state index in [-0.39, 0.29) is 24.0 Å². The minimum Gasteiger partial charge on any atom is -0.370 e. The lowest BCUT2D eigenvalue weighted by Gasteiger charge is -2.37. The number of likely N-dealkylation sites (tertiary alicyclic amines) is 1. The van der Waals surface area contributed by atoms with Crippen LogP contribution >= 0.6 is 24.0 Å². The zero-order valence-electron chi connectivity index (χ0n) is 15.2. The number of hydrogen-bond acceptors (Lipinski definition) is 2. The number of benzene rings is 1. The van der Waals surface area contributed by atoms with Gasteiger partial charge in [0.25, 0.3) is 0 Å². The molecule has 1 aliphatic rings. The predicted molar refractivity (Wildman–Crippen MR) is 114 cm³/mol. The summed E-state index contributed by atoms with van der Waals surface area (Å²) in [4.78, 5) is 6.99. The standard InChI is InChI=1S/C19H32N4.HI/c1-15(2)13-21-19(20)22-14-18(17-7-5-4-6-8-17)23-11-9-16(3)10-12-23;/h4-8,15-16,18H,9-14H2,1-3H3,(H3,20,21,22);1H. The minimum absolute atomic E-state index is 0. The van der Waals surface area contributed by atoms with Crippen LogP contribution in [0, 0.1) is 11.8 Å². The summed E-state index contributed by atoms with van der Waals surface area (Å²) in [6.45, 7) is 10.6. The summed E-state index contributed by atoms with van der Waals surface area (Å²) in [6.07, 6.45) is 2.56. The van der Waals surface area contributed by atoms with Gasteiger partial charge in [-0.15, -0.1) is 24.0 Å². The second-order valence-electron chi connectivity index (χ2n) is 7.15. The average molecular weight is 444 g/mol. The van der Waals surface area contributed by atoms with Crippen molar-refractivity contribution in [2.24, 2.45) is 22.6 Å². The van der Waals surface area contributed by atoms with Crippen molar-refractivity contribution in [3.05, 3.63) is 35.9 Å². The third-order valence-corrected chi connectivity index (χ3v) is 4.55. The second kappa shape index (κ2) is 10.9. The average Bonchev–Trinajstić information content (AvgIpc) is 2.55. The van der Waals surface area contributed by atoms with E-state index in [4.69, 9.17) is 5.73 Å². The van der Waals surface area contributed by atoms with Crippen molar-refractivity contribution in [3.8, 4) is 0 Å². The maximum atomic E-state index is 6.02. The Morgan fingerprint density at radius 3 is 2.46 bits per heavy atom. The number of halogens is 1.